The van der Waals surface area contributed by atoms with Gasteiger partial charge in [-0.1, -0.05) is 18.2 Å². The van der Waals surface area contributed by atoms with E-state index in [9.17, 15) is 4.79 Å². The highest BCUT2D eigenvalue weighted by Crippen LogP contribution is 2.30. The second-order valence-corrected chi connectivity index (χ2v) is 7.14. The first-order valence-electron chi connectivity index (χ1n) is 9.14. The van der Waals surface area contributed by atoms with E-state index in [4.69, 9.17) is 4.74 Å². The molecule has 1 aromatic heterocycles. The van der Waals surface area contributed by atoms with Crippen LogP contribution in [0.15, 0.2) is 48.4 Å². The highest BCUT2D eigenvalue weighted by Gasteiger charge is 2.13. The van der Waals surface area contributed by atoms with E-state index in [0.717, 1.165) is 22.2 Å². The summed E-state index contributed by atoms with van der Waals surface area (Å²) in [6.45, 7) is 8.00. The number of aromatic nitrogens is 1. The number of H-pyrrole nitrogens is 1. The summed E-state index contributed by atoms with van der Waals surface area (Å²) in [5.41, 5.74) is 6.74. The van der Waals surface area contributed by atoms with Gasteiger partial charge in [0.2, 0.25) is 0 Å². The Balaban J connectivity index is 1.99. The lowest BCUT2D eigenvalue weighted by Gasteiger charge is -2.13. The Kier molecular flexibility index (Phi) is 5.36. The third-order valence-electron chi connectivity index (χ3n) is 4.63. The topological polar surface area (TPSA) is 54.1 Å². The van der Waals surface area contributed by atoms with Crippen LogP contribution >= 0.6 is 0 Å². The van der Waals surface area contributed by atoms with Gasteiger partial charge < -0.3 is 15.0 Å². The molecule has 0 saturated heterocycles. The Morgan fingerprint density at radius 2 is 1.89 bits per heavy atom. The SMILES string of the molecule is CO/C(=C\c1cc(C)c(-c2ccc3[nH]ccc3c2)cc1C)C(=O)NC(C)C. The number of methoxy groups -OCH3 is 1. The Labute approximate surface area is 160 Å². The first-order chi connectivity index (χ1) is 12.9. The van der Waals surface area contributed by atoms with E-state index in [1.807, 2.05) is 20.0 Å². The number of carbonyl (C=O) groups excluding carboxylic acids is 1. The van der Waals surface area contributed by atoms with Crippen LogP contribution in [0.4, 0.5) is 0 Å². The molecule has 0 atom stereocenters. The van der Waals surface area contributed by atoms with Crippen LogP contribution in [0.2, 0.25) is 0 Å². The van der Waals surface area contributed by atoms with Crippen LogP contribution in [0.5, 0.6) is 0 Å². The van der Waals surface area contributed by atoms with Gasteiger partial charge in [0.15, 0.2) is 5.76 Å². The number of hydrogen-bond donors (Lipinski definition) is 2. The van der Waals surface area contributed by atoms with Crippen molar-refractivity contribution >= 4 is 22.9 Å². The monoisotopic (exact) mass is 362 g/mol. The predicted molar refractivity (Wildman–Crippen MR) is 111 cm³/mol. The van der Waals surface area contributed by atoms with E-state index in [1.54, 1.807) is 6.08 Å². The molecule has 1 amide bonds. The van der Waals surface area contributed by atoms with Crippen LogP contribution in [-0.2, 0) is 9.53 Å². The number of benzene rings is 2. The van der Waals surface area contributed by atoms with Crippen LogP contribution in [0.1, 0.15) is 30.5 Å². The highest BCUT2D eigenvalue weighted by atomic mass is 16.5. The standard InChI is InChI=1S/C23H26N2O2/c1-14(2)25-23(26)22(27-5)13-19-10-16(4)20(11-15(19)3)17-6-7-21-18(12-17)8-9-24-21/h6-14,24H,1-5H3,(H,25,26)/b22-13-. The number of carbonyl (C=O) groups is 1. The summed E-state index contributed by atoms with van der Waals surface area (Å²) in [5, 5.41) is 4.06. The zero-order valence-electron chi connectivity index (χ0n) is 16.5. The summed E-state index contributed by atoms with van der Waals surface area (Å²) in [7, 11) is 1.52. The van der Waals surface area contributed by atoms with Gasteiger partial charge >= 0.3 is 0 Å². The zero-order valence-corrected chi connectivity index (χ0v) is 16.5. The minimum atomic E-state index is -0.202. The van der Waals surface area contributed by atoms with Gasteiger partial charge in [0.05, 0.1) is 7.11 Å². The zero-order chi connectivity index (χ0) is 19.6. The number of amides is 1. The fraction of sp³-hybridized carbons (Fsp3) is 0.261. The summed E-state index contributed by atoms with van der Waals surface area (Å²) < 4.78 is 5.31. The molecule has 0 aliphatic rings. The first-order valence-corrected chi connectivity index (χ1v) is 9.14. The Morgan fingerprint density at radius 3 is 2.59 bits per heavy atom. The molecule has 0 aliphatic heterocycles. The minimum absolute atomic E-state index is 0.0598. The van der Waals surface area contributed by atoms with E-state index in [-0.39, 0.29) is 11.9 Å². The molecule has 0 saturated carbocycles. The molecule has 4 nitrogen and oxygen atoms in total. The molecule has 0 spiro atoms. The molecule has 0 radical (unpaired) electrons. The molecule has 0 bridgehead atoms. The Bertz CT molecular complexity index is 1010. The summed E-state index contributed by atoms with van der Waals surface area (Å²) in [4.78, 5) is 15.5. The molecular weight excluding hydrogens is 336 g/mol. The average molecular weight is 362 g/mol. The maximum absolute atomic E-state index is 12.3. The van der Waals surface area contributed by atoms with E-state index in [0.29, 0.717) is 5.76 Å². The van der Waals surface area contributed by atoms with Crippen LogP contribution in [0.3, 0.4) is 0 Å². The molecule has 4 heteroatoms. The fourth-order valence-corrected chi connectivity index (χ4v) is 3.22. The largest absolute Gasteiger partial charge is 0.491 e. The number of hydrogen-bond acceptors (Lipinski definition) is 2. The molecule has 27 heavy (non-hydrogen) atoms. The second-order valence-electron chi connectivity index (χ2n) is 7.14. The van der Waals surface area contributed by atoms with Crippen LogP contribution < -0.4 is 5.32 Å². The molecule has 0 aliphatic carbocycles. The lowest BCUT2D eigenvalue weighted by atomic mass is 9.94. The van der Waals surface area contributed by atoms with Gasteiger partial charge in [0, 0.05) is 17.8 Å². The number of aryl methyl sites for hydroxylation is 2. The maximum Gasteiger partial charge on any atom is 0.286 e. The fourth-order valence-electron chi connectivity index (χ4n) is 3.22. The molecule has 0 fully saturated rings. The van der Waals surface area contributed by atoms with Crippen LogP contribution in [0, 0.1) is 13.8 Å². The third-order valence-corrected chi connectivity index (χ3v) is 4.63. The van der Waals surface area contributed by atoms with Gasteiger partial charge in [-0.3, -0.25) is 4.79 Å². The third kappa shape index (κ3) is 4.05. The number of fused-ring (bicyclic) bond motifs is 1. The average Bonchev–Trinajstić information content (AvgIpc) is 3.09. The molecule has 0 unspecified atom stereocenters. The van der Waals surface area contributed by atoms with E-state index in [1.165, 1.54) is 23.6 Å². The van der Waals surface area contributed by atoms with Crippen molar-refractivity contribution < 1.29 is 9.53 Å². The number of ether oxygens (including phenoxy) is 1. The highest BCUT2D eigenvalue weighted by molar-refractivity contribution is 5.96. The Morgan fingerprint density at radius 1 is 1.11 bits per heavy atom. The van der Waals surface area contributed by atoms with Gasteiger partial charge in [0.1, 0.15) is 0 Å². The molecule has 3 rings (SSSR count). The van der Waals surface area contributed by atoms with E-state index in [2.05, 4.69) is 60.5 Å². The van der Waals surface area contributed by atoms with Crippen molar-refractivity contribution in [3.63, 3.8) is 0 Å². The lowest BCUT2D eigenvalue weighted by Crippen LogP contribution is -2.31. The number of nitrogens with one attached hydrogen (secondary N) is 2. The van der Waals surface area contributed by atoms with Crippen molar-refractivity contribution in [1.29, 1.82) is 0 Å². The molecule has 140 valence electrons. The Hall–Kier alpha value is -3.01. The number of aromatic amines is 1. The minimum Gasteiger partial charge on any atom is -0.491 e. The lowest BCUT2D eigenvalue weighted by molar-refractivity contribution is -0.120. The van der Waals surface area contributed by atoms with Crippen LogP contribution in [-0.4, -0.2) is 24.0 Å². The molecule has 2 aromatic carbocycles. The van der Waals surface area contributed by atoms with Gasteiger partial charge in [-0.15, -0.1) is 0 Å². The van der Waals surface area contributed by atoms with Gasteiger partial charge in [-0.25, -0.2) is 0 Å². The van der Waals surface area contributed by atoms with Crippen molar-refractivity contribution in [3.8, 4) is 11.1 Å². The first kappa shape index (κ1) is 18.8. The van der Waals surface area contributed by atoms with Crippen molar-refractivity contribution in [1.82, 2.24) is 10.3 Å². The summed E-state index contributed by atoms with van der Waals surface area (Å²) >= 11 is 0. The molecule has 3 aromatic rings. The summed E-state index contributed by atoms with van der Waals surface area (Å²) in [6, 6.07) is 12.8. The summed E-state index contributed by atoms with van der Waals surface area (Å²) in [5.74, 6) is 0.110. The quantitative estimate of drug-likeness (QED) is 0.498. The van der Waals surface area contributed by atoms with Crippen molar-refractivity contribution in [2.75, 3.05) is 7.11 Å². The molecule has 2 N–H and O–H groups in total. The van der Waals surface area contributed by atoms with E-state index >= 15 is 0 Å². The maximum atomic E-state index is 12.3. The predicted octanol–water partition coefficient (Wildman–Crippen LogP) is 4.96. The summed E-state index contributed by atoms with van der Waals surface area (Å²) in [6.07, 6.45) is 3.76. The van der Waals surface area contributed by atoms with Crippen molar-refractivity contribution in [3.05, 3.63) is 65.0 Å². The smallest absolute Gasteiger partial charge is 0.286 e. The van der Waals surface area contributed by atoms with Gasteiger partial charge in [-0.05, 0) is 85.2 Å². The van der Waals surface area contributed by atoms with E-state index < -0.39 is 0 Å². The van der Waals surface area contributed by atoms with Gasteiger partial charge in [0.25, 0.3) is 5.91 Å². The second kappa shape index (κ2) is 7.70. The van der Waals surface area contributed by atoms with Gasteiger partial charge in [-0.2, -0.15) is 0 Å². The molecule has 1 heterocycles. The van der Waals surface area contributed by atoms with Crippen molar-refractivity contribution in [2.24, 2.45) is 0 Å². The normalized spacial score (nSPS) is 11.9. The van der Waals surface area contributed by atoms with Crippen molar-refractivity contribution in [2.45, 2.75) is 33.7 Å². The number of rotatable bonds is 5. The molecular formula is C23H26N2O2. The van der Waals surface area contributed by atoms with Crippen LogP contribution in [0.25, 0.3) is 28.1 Å².